The van der Waals surface area contributed by atoms with Crippen LogP contribution in [0.2, 0.25) is 0 Å². The Morgan fingerprint density at radius 3 is 1.07 bits per heavy atom. The zero-order valence-corrected chi connectivity index (χ0v) is 36.0. The number of allylic oxidation sites excluding steroid dienone is 4. The van der Waals surface area contributed by atoms with Gasteiger partial charge >= 0.3 is 17.9 Å². The Bertz CT molecular complexity index is 880. The molecule has 0 aliphatic carbocycles. The topological polar surface area (TPSA) is 78.9 Å². The number of carbonyl (C=O) groups is 3. The molecule has 0 N–H and O–H groups in total. The Labute approximate surface area is 334 Å². The molecule has 0 spiro atoms. The first-order valence-electron chi connectivity index (χ1n) is 23.3. The average Bonchev–Trinajstić information content (AvgIpc) is 3.17. The minimum Gasteiger partial charge on any atom is -0.462 e. The standard InChI is InChI=1S/C48H88O6/c1-4-7-10-13-16-19-22-24-25-27-29-32-35-38-41-47(50)53-44-45(43-52-46(49)40-37-34-31-28-21-18-15-12-9-6-3)54-48(51)42-39-36-33-30-26-23-20-17-14-11-8-5-2/h13,16,22,24,45H,4-12,14-15,17-21,23,25-44H2,1-3H3/b16-13-,24-22-. The zero-order valence-electron chi connectivity index (χ0n) is 36.0. The second-order valence-electron chi connectivity index (χ2n) is 15.7. The molecule has 0 fully saturated rings. The Morgan fingerprint density at radius 2 is 0.685 bits per heavy atom. The van der Waals surface area contributed by atoms with Crippen LogP contribution in [0.15, 0.2) is 24.3 Å². The summed E-state index contributed by atoms with van der Waals surface area (Å²) in [6, 6.07) is 0. The van der Waals surface area contributed by atoms with E-state index in [9.17, 15) is 14.4 Å². The van der Waals surface area contributed by atoms with Gasteiger partial charge in [0.25, 0.3) is 0 Å². The van der Waals surface area contributed by atoms with E-state index in [-0.39, 0.29) is 31.1 Å². The number of carbonyl (C=O) groups excluding carboxylic acids is 3. The van der Waals surface area contributed by atoms with Gasteiger partial charge in [-0.3, -0.25) is 14.4 Å². The monoisotopic (exact) mass is 761 g/mol. The lowest BCUT2D eigenvalue weighted by Gasteiger charge is -2.18. The van der Waals surface area contributed by atoms with E-state index in [1.54, 1.807) is 0 Å². The summed E-state index contributed by atoms with van der Waals surface area (Å²) in [6.45, 7) is 6.57. The van der Waals surface area contributed by atoms with Crippen LogP contribution in [0.25, 0.3) is 0 Å². The fraction of sp³-hybridized carbons (Fsp3) is 0.854. The van der Waals surface area contributed by atoms with Crippen molar-refractivity contribution in [3.8, 4) is 0 Å². The molecule has 1 unspecified atom stereocenters. The van der Waals surface area contributed by atoms with E-state index in [0.717, 1.165) is 77.0 Å². The van der Waals surface area contributed by atoms with Crippen LogP contribution in [0.4, 0.5) is 0 Å². The lowest BCUT2D eigenvalue weighted by Crippen LogP contribution is -2.30. The molecular formula is C48H88O6. The summed E-state index contributed by atoms with van der Waals surface area (Å²) in [7, 11) is 0. The van der Waals surface area contributed by atoms with Crippen molar-refractivity contribution in [1.29, 1.82) is 0 Å². The summed E-state index contributed by atoms with van der Waals surface area (Å²) >= 11 is 0. The maximum Gasteiger partial charge on any atom is 0.306 e. The molecule has 0 radical (unpaired) electrons. The summed E-state index contributed by atoms with van der Waals surface area (Å²) in [5.74, 6) is -0.881. The van der Waals surface area contributed by atoms with Crippen LogP contribution in [-0.2, 0) is 28.6 Å². The molecule has 0 aromatic heterocycles. The van der Waals surface area contributed by atoms with Crippen molar-refractivity contribution in [3.63, 3.8) is 0 Å². The minimum absolute atomic E-state index is 0.0718. The zero-order chi connectivity index (χ0) is 39.4. The number of hydrogen-bond acceptors (Lipinski definition) is 6. The van der Waals surface area contributed by atoms with E-state index >= 15 is 0 Å². The molecule has 0 saturated heterocycles. The molecular weight excluding hydrogens is 673 g/mol. The largest absolute Gasteiger partial charge is 0.462 e. The number of unbranched alkanes of at least 4 members (excludes halogenated alkanes) is 27. The second kappa shape index (κ2) is 43.6. The van der Waals surface area contributed by atoms with Crippen molar-refractivity contribution in [1.82, 2.24) is 0 Å². The smallest absolute Gasteiger partial charge is 0.306 e. The Hall–Kier alpha value is -2.11. The van der Waals surface area contributed by atoms with Gasteiger partial charge in [-0.05, 0) is 44.9 Å². The third-order valence-electron chi connectivity index (χ3n) is 10.2. The lowest BCUT2D eigenvalue weighted by atomic mass is 10.0. The first-order chi connectivity index (χ1) is 26.5. The molecule has 1 atom stereocenters. The van der Waals surface area contributed by atoms with Crippen LogP contribution in [0.5, 0.6) is 0 Å². The highest BCUT2D eigenvalue weighted by molar-refractivity contribution is 5.71. The first kappa shape index (κ1) is 51.9. The average molecular weight is 761 g/mol. The van der Waals surface area contributed by atoms with Crippen LogP contribution in [0, 0.1) is 0 Å². The van der Waals surface area contributed by atoms with Gasteiger partial charge < -0.3 is 14.2 Å². The van der Waals surface area contributed by atoms with Crippen molar-refractivity contribution in [2.75, 3.05) is 13.2 Å². The Kier molecular flexibility index (Phi) is 41.9. The SMILES string of the molecule is CCCC/C=C\C/C=C\CCCCCCCC(=O)OCC(COC(=O)CCCCCCCCCCCC)OC(=O)CCCCCCCCCCCCCC. The van der Waals surface area contributed by atoms with E-state index in [1.807, 2.05) is 0 Å². The molecule has 0 bridgehead atoms. The minimum atomic E-state index is -0.768. The van der Waals surface area contributed by atoms with Gasteiger partial charge in [0.05, 0.1) is 0 Å². The molecule has 0 aliphatic heterocycles. The number of rotatable bonds is 42. The van der Waals surface area contributed by atoms with Gasteiger partial charge in [-0.1, -0.05) is 206 Å². The van der Waals surface area contributed by atoms with Crippen LogP contribution in [0.1, 0.15) is 245 Å². The Morgan fingerprint density at radius 1 is 0.370 bits per heavy atom. The van der Waals surface area contributed by atoms with Crippen molar-refractivity contribution in [2.24, 2.45) is 0 Å². The second-order valence-corrected chi connectivity index (χ2v) is 15.7. The summed E-state index contributed by atoms with van der Waals surface area (Å²) < 4.78 is 16.7. The number of esters is 3. The van der Waals surface area contributed by atoms with Gasteiger partial charge in [0.15, 0.2) is 6.10 Å². The molecule has 0 amide bonds. The molecule has 0 aromatic rings. The third-order valence-corrected chi connectivity index (χ3v) is 10.2. The van der Waals surface area contributed by atoms with Gasteiger partial charge in [-0.2, -0.15) is 0 Å². The van der Waals surface area contributed by atoms with Gasteiger partial charge in [-0.15, -0.1) is 0 Å². The maximum atomic E-state index is 12.7. The first-order valence-corrected chi connectivity index (χ1v) is 23.3. The van der Waals surface area contributed by atoms with Crippen molar-refractivity contribution >= 4 is 17.9 Å². The molecule has 6 heteroatoms. The van der Waals surface area contributed by atoms with Crippen LogP contribution >= 0.6 is 0 Å². The molecule has 0 aromatic carbocycles. The number of hydrogen-bond donors (Lipinski definition) is 0. The predicted molar refractivity (Wildman–Crippen MR) is 229 cm³/mol. The van der Waals surface area contributed by atoms with Gasteiger partial charge in [0, 0.05) is 19.3 Å². The summed E-state index contributed by atoms with van der Waals surface area (Å²) in [5.41, 5.74) is 0. The lowest BCUT2D eigenvalue weighted by molar-refractivity contribution is -0.167. The van der Waals surface area contributed by atoms with Gasteiger partial charge in [-0.25, -0.2) is 0 Å². The third kappa shape index (κ3) is 41.1. The Balaban J connectivity index is 4.36. The molecule has 6 nitrogen and oxygen atoms in total. The quantitative estimate of drug-likeness (QED) is 0.0267. The molecule has 0 heterocycles. The van der Waals surface area contributed by atoms with E-state index in [1.165, 1.54) is 128 Å². The van der Waals surface area contributed by atoms with Crippen LogP contribution < -0.4 is 0 Å². The van der Waals surface area contributed by atoms with E-state index in [2.05, 4.69) is 45.1 Å². The molecule has 0 aliphatic rings. The molecule has 0 saturated carbocycles. The van der Waals surface area contributed by atoms with Gasteiger partial charge in [0.2, 0.25) is 0 Å². The normalized spacial score (nSPS) is 12.1. The van der Waals surface area contributed by atoms with E-state index in [0.29, 0.717) is 19.3 Å². The summed E-state index contributed by atoms with van der Waals surface area (Å²) in [5, 5.41) is 0. The maximum absolute atomic E-state index is 12.7. The molecule has 316 valence electrons. The molecule has 0 rings (SSSR count). The van der Waals surface area contributed by atoms with Crippen molar-refractivity contribution in [3.05, 3.63) is 24.3 Å². The van der Waals surface area contributed by atoms with Gasteiger partial charge in [0.1, 0.15) is 13.2 Å². The van der Waals surface area contributed by atoms with E-state index < -0.39 is 6.10 Å². The van der Waals surface area contributed by atoms with Crippen molar-refractivity contribution in [2.45, 2.75) is 252 Å². The highest BCUT2D eigenvalue weighted by Gasteiger charge is 2.19. The predicted octanol–water partition coefficient (Wildman–Crippen LogP) is 14.8. The summed E-state index contributed by atoms with van der Waals surface area (Å²) in [6.07, 6.45) is 47.2. The highest BCUT2D eigenvalue weighted by atomic mass is 16.6. The fourth-order valence-corrected chi connectivity index (χ4v) is 6.63. The molecule has 54 heavy (non-hydrogen) atoms. The summed E-state index contributed by atoms with van der Waals surface area (Å²) in [4.78, 5) is 37.7. The van der Waals surface area contributed by atoms with Crippen molar-refractivity contribution < 1.29 is 28.6 Å². The van der Waals surface area contributed by atoms with Crippen LogP contribution in [0.3, 0.4) is 0 Å². The van der Waals surface area contributed by atoms with E-state index in [4.69, 9.17) is 14.2 Å². The highest BCUT2D eigenvalue weighted by Crippen LogP contribution is 2.15. The number of ether oxygens (including phenoxy) is 3. The fourth-order valence-electron chi connectivity index (χ4n) is 6.63. The van der Waals surface area contributed by atoms with Crippen LogP contribution in [-0.4, -0.2) is 37.2 Å².